The lowest BCUT2D eigenvalue weighted by Gasteiger charge is -2.23. The Hall–Kier alpha value is -1.61. The topological polar surface area (TPSA) is 29.3 Å². The van der Waals surface area contributed by atoms with Crippen molar-refractivity contribution < 1.29 is 4.52 Å². The maximum absolute atomic E-state index is 5.50. The van der Waals surface area contributed by atoms with Gasteiger partial charge in [-0.05, 0) is 49.9 Å². The summed E-state index contributed by atoms with van der Waals surface area (Å²) >= 11 is 0. The third-order valence-electron chi connectivity index (χ3n) is 4.78. The lowest BCUT2D eigenvalue weighted by molar-refractivity contribution is 0.236. The maximum atomic E-state index is 5.50. The van der Waals surface area contributed by atoms with Crippen LogP contribution in [0.1, 0.15) is 66.8 Å². The largest absolute Gasteiger partial charge is 0.361 e. The zero-order valence-electron chi connectivity index (χ0n) is 14.1. The molecule has 0 radical (unpaired) electrons. The summed E-state index contributed by atoms with van der Waals surface area (Å²) in [7, 11) is 0. The second-order valence-corrected chi connectivity index (χ2v) is 6.86. The molecule has 118 valence electrons. The van der Waals surface area contributed by atoms with E-state index in [1.54, 1.807) is 0 Å². The number of hydrogen-bond donors (Lipinski definition) is 0. The molecule has 0 spiro atoms. The predicted octanol–water partition coefficient (Wildman–Crippen LogP) is 4.75. The van der Waals surface area contributed by atoms with Gasteiger partial charge < -0.3 is 4.52 Å². The minimum atomic E-state index is 0.399. The van der Waals surface area contributed by atoms with E-state index in [9.17, 15) is 0 Å². The molecule has 2 heterocycles. The van der Waals surface area contributed by atoms with Crippen molar-refractivity contribution in [3.05, 3.63) is 52.4 Å². The van der Waals surface area contributed by atoms with E-state index in [1.165, 1.54) is 29.5 Å². The van der Waals surface area contributed by atoms with Crippen molar-refractivity contribution in [1.82, 2.24) is 10.1 Å². The number of aryl methyl sites for hydroxylation is 2. The van der Waals surface area contributed by atoms with Crippen LogP contribution in [0, 0.1) is 13.8 Å². The SMILES string of the molecule is Cc1ccc(CN2CCCC2c2cc(C(C)C)on2)cc1C. The van der Waals surface area contributed by atoms with E-state index in [1.807, 2.05) is 0 Å². The normalized spacial score (nSPS) is 19.2. The Morgan fingerprint density at radius 3 is 2.73 bits per heavy atom. The summed E-state index contributed by atoms with van der Waals surface area (Å²) in [6, 6.07) is 9.34. The Kier molecular flexibility index (Phi) is 4.34. The van der Waals surface area contributed by atoms with Crippen LogP contribution in [0.5, 0.6) is 0 Å². The van der Waals surface area contributed by atoms with E-state index in [-0.39, 0.29) is 0 Å². The van der Waals surface area contributed by atoms with Crippen molar-refractivity contribution in [3.63, 3.8) is 0 Å². The molecule has 1 atom stereocenters. The van der Waals surface area contributed by atoms with E-state index >= 15 is 0 Å². The molecule has 1 aromatic heterocycles. The molecule has 1 fully saturated rings. The molecule has 1 aliphatic heterocycles. The zero-order chi connectivity index (χ0) is 15.7. The quantitative estimate of drug-likeness (QED) is 0.815. The van der Waals surface area contributed by atoms with Gasteiger partial charge in [-0.15, -0.1) is 0 Å². The highest BCUT2D eigenvalue weighted by Gasteiger charge is 2.29. The molecular weight excluding hydrogens is 272 g/mol. The van der Waals surface area contributed by atoms with Gasteiger partial charge in [-0.2, -0.15) is 0 Å². The molecule has 2 aromatic rings. The first-order valence-electron chi connectivity index (χ1n) is 8.31. The summed E-state index contributed by atoms with van der Waals surface area (Å²) in [6.45, 7) is 10.8. The van der Waals surface area contributed by atoms with Crippen LogP contribution in [-0.4, -0.2) is 16.6 Å². The van der Waals surface area contributed by atoms with Crippen LogP contribution in [0.15, 0.2) is 28.8 Å². The Morgan fingerprint density at radius 1 is 1.23 bits per heavy atom. The van der Waals surface area contributed by atoms with E-state index < -0.39 is 0 Å². The summed E-state index contributed by atoms with van der Waals surface area (Å²) in [5, 5.41) is 4.33. The van der Waals surface area contributed by atoms with Crippen LogP contribution in [0.3, 0.4) is 0 Å². The molecule has 0 saturated carbocycles. The highest BCUT2D eigenvalue weighted by atomic mass is 16.5. The van der Waals surface area contributed by atoms with Crippen LogP contribution >= 0.6 is 0 Å². The maximum Gasteiger partial charge on any atom is 0.139 e. The standard InChI is InChI=1S/C19H26N2O/c1-13(2)19-11-17(20-22-19)18-6-5-9-21(18)12-16-8-7-14(3)15(4)10-16/h7-8,10-11,13,18H,5-6,9,12H2,1-4H3. The Balaban J connectivity index is 1.76. The molecule has 0 N–H and O–H groups in total. The lowest BCUT2D eigenvalue weighted by atomic mass is 10.0. The van der Waals surface area contributed by atoms with Gasteiger partial charge >= 0.3 is 0 Å². The molecule has 1 saturated heterocycles. The van der Waals surface area contributed by atoms with Gasteiger partial charge in [0.15, 0.2) is 0 Å². The Labute approximate surface area is 133 Å². The highest BCUT2D eigenvalue weighted by Crippen LogP contribution is 2.33. The van der Waals surface area contributed by atoms with Crippen molar-refractivity contribution in [2.24, 2.45) is 0 Å². The van der Waals surface area contributed by atoms with Gasteiger partial charge in [-0.1, -0.05) is 37.2 Å². The van der Waals surface area contributed by atoms with Gasteiger partial charge in [0.05, 0.1) is 6.04 Å². The number of likely N-dealkylation sites (tertiary alicyclic amines) is 1. The third-order valence-corrected chi connectivity index (χ3v) is 4.78. The van der Waals surface area contributed by atoms with Crippen LogP contribution in [-0.2, 0) is 6.54 Å². The van der Waals surface area contributed by atoms with Gasteiger partial charge in [-0.3, -0.25) is 4.90 Å². The molecule has 1 unspecified atom stereocenters. The summed E-state index contributed by atoms with van der Waals surface area (Å²) in [6.07, 6.45) is 2.41. The lowest BCUT2D eigenvalue weighted by Crippen LogP contribution is -2.23. The highest BCUT2D eigenvalue weighted by molar-refractivity contribution is 5.30. The number of benzene rings is 1. The summed E-state index contributed by atoms with van der Waals surface area (Å²) in [5.74, 6) is 1.39. The summed E-state index contributed by atoms with van der Waals surface area (Å²) in [5.41, 5.74) is 5.23. The number of rotatable bonds is 4. The fraction of sp³-hybridized carbons (Fsp3) is 0.526. The molecule has 1 aromatic carbocycles. The van der Waals surface area contributed by atoms with Gasteiger partial charge in [0, 0.05) is 18.5 Å². The van der Waals surface area contributed by atoms with Gasteiger partial charge in [0.1, 0.15) is 11.5 Å². The first kappa shape index (κ1) is 15.3. The molecule has 3 heteroatoms. The van der Waals surface area contributed by atoms with Crippen LogP contribution < -0.4 is 0 Å². The smallest absolute Gasteiger partial charge is 0.139 e. The minimum absolute atomic E-state index is 0.399. The van der Waals surface area contributed by atoms with Crippen LogP contribution in [0.4, 0.5) is 0 Å². The van der Waals surface area contributed by atoms with Crippen molar-refractivity contribution in [1.29, 1.82) is 0 Å². The van der Waals surface area contributed by atoms with Gasteiger partial charge in [0.25, 0.3) is 0 Å². The van der Waals surface area contributed by atoms with Crippen LogP contribution in [0.2, 0.25) is 0 Å². The molecule has 22 heavy (non-hydrogen) atoms. The number of hydrogen-bond acceptors (Lipinski definition) is 3. The molecule has 0 bridgehead atoms. The molecule has 0 aliphatic carbocycles. The molecular formula is C19H26N2O. The fourth-order valence-electron chi connectivity index (χ4n) is 3.22. The second kappa shape index (κ2) is 6.25. The first-order chi connectivity index (χ1) is 10.5. The van der Waals surface area contributed by atoms with Crippen molar-refractivity contribution >= 4 is 0 Å². The van der Waals surface area contributed by atoms with Crippen molar-refractivity contribution in [2.45, 2.75) is 59.0 Å². The average molecular weight is 298 g/mol. The Bertz CT molecular complexity index is 645. The number of nitrogens with zero attached hydrogens (tertiary/aromatic N) is 2. The van der Waals surface area contributed by atoms with Gasteiger partial charge in [0.2, 0.25) is 0 Å². The molecule has 1 aliphatic rings. The van der Waals surface area contributed by atoms with Crippen molar-refractivity contribution in [2.75, 3.05) is 6.54 Å². The van der Waals surface area contributed by atoms with E-state index in [2.05, 4.69) is 62.0 Å². The summed E-state index contributed by atoms with van der Waals surface area (Å²) < 4.78 is 5.50. The van der Waals surface area contributed by atoms with Crippen LogP contribution in [0.25, 0.3) is 0 Å². The average Bonchev–Trinajstić information content (AvgIpc) is 3.11. The van der Waals surface area contributed by atoms with Gasteiger partial charge in [-0.25, -0.2) is 0 Å². The first-order valence-corrected chi connectivity index (χ1v) is 8.31. The van der Waals surface area contributed by atoms with E-state index in [0.717, 1.165) is 24.5 Å². The Morgan fingerprint density at radius 2 is 2.05 bits per heavy atom. The third kappa shape index (κ3) is 3.09. The predicted molar refractivity (Wildman–Crippen MR) is 88.9 cm³/mol. The van der Waals surface area contributed by atoms with Crippen molar-refractivity contribution in [3.8, 4) is 0 Å². The fourth-order valence-corrected chi connectivity index (χ4v) is 3.22. The monoisotopic (exact) mass is 298 g/mol. The zero-order valence-corrected chi connectivity index (χ0v) is 14.1. The molecule has 0 amide bonds. The van der Waals surface area contributed by atoms with E-state index in [0.29, 0.717) is 12.0 Å². The number of aromatic nitrogens is 1. The molecule has 3 nitrogen and oxygen atoms in total. The molecule has 3 rings (SSSR count). The summed E-state index contributed by atoms with van der Waals surface area (Å²) in [4.78, 5) is 2.53. The van der Waals surface area contributed by atoms with E-state index in [4.69, 9.17) is 4.52 Å². The second-order valence-electron chi connectivity index (χ2n) is 6.86. The minimum Gasteiger partial charge on any atom is -0.361 e.